The molecule has 0 unspecified atom stereocenters. The number of thioether (sulfide) groups is 1. The van der Waals surface area contributed by atoms with Crippen molar-refractivity contribution in [1.82, 2.24) is 10.0 Å². The standard InChI is InChI=1S/C14H11FN2O3S2/c1-8(18)16(9(2)19)17-13(20)12(22-14(17)21)7-10-4-3-5-11(15)6-10/h3-7H,1-2H3/b12-7+. The average molecular weight is 338 g/mol. The lowest BCUT2D eigenvalue weighted by Crippen LogP contribution is -2.50. The van der Waals surface area contributed by atoms with Gasteiger partial charge in [-0.05, 0) is 36.0 Å². The molecular weight excluding hydrogens is 327 g/mol. The first kappa shape index (κ1) is 16.3. The maximum atomic E-state index is 13.2. The van der Waals surface area contributed by atoms with Crippen LogP contribution in [-0.4, -0.2) is 32.1 Å². The SMILES string of the molecule is CC(=O)N(C(C)=O)N1C(=O)/C(=C\c2cccc(F)c2)SC1=S. The number of imide groups is 1. The summed E-state index contributed by atoms with van der Waals surface area (Å²) in [4.78, 5) is 35.7. The summed E-state index contributed by atoms with van der Waals surface area (Å²) in [6.07, 6.45) is 1.46. The molecule has 5 nitrogen and oxygen atoms in total. The Morgan fingerprint density at radius 1 is 1.32 bits per heavy atom. The van der Waals surface area contributed by atoms with Gasteiger partial charge >= 0.3 is 0 Å². The van der Waals surface area contributed by atoms with Crippen molar-refractivity contribution < 1.29 is 18.8 Å². The number of nitrogens with zero attached hydrogens (tertiary/aromatic N) is 2. The molecule has 1 aromatic rings. The Hall–Kier alpha value is -2.06. The number of thiocarbonyl (C=S) groups is 1. The minimum Gasteiger partial charge on any atom is -0.273 e. The van der Waals surface area contributed by atoms with E-state index in [-0.39, 0.29) is 9.23 Å². The number of halogens is 1. The van der Waals surface area contributed by atoms with Gasteiger partial charge in [-0.15, -0.1) is 0 Å². The van der Waals surface area contributed by atoms with E-state index in [0.717, 1.165) is 30.6 Å². The fourth-order valence-electron chi connectivity index (χ4n) is 1.88. The van der Waals surface area contributed by atoms with E-state index in [9.17, 15) is 18.8 Å². The normalized spacial score (nSPS) is 16.3. The molecule has 0 saturated carbocycles. The van der Waals surface area contributed by atoms with Crippen LogP contribution in [0.2, 0.25) is 0 Å². The van der Waals surface area contributed by atoms with Crippen LogP contribution >= 0.6 is 24.0 Å². The fourth-order valence-corrected chi connectivity index (χ4v) is 3.12. The van der Waals surface area contributed by atoms with Crippen LogP contribution in [0.25, 0.3) is 6.08 Å². The molecule has 0 aromatic heterocycles. The molecule has 2 rings (SSSR count). The summed E-state index contributed by atoms with van der Waals surface area (Å²) in [7, 11) is 0. The fraction of sp³-hybridized carbons (Fsp3) is 0.143. The van der Waals surface area contributed by atoms with Gasteiger partial charge in [0.15, 0.2) is 4.32 Å². The Kier molecular flexibility index (Phi) is 4.72. The number of hydrogen-bond acceptors (Lipinski definition) is 5. The molecule has 1 fully saturated rings. The summed E-state index contributed by atoms with van der Waals surface area (Å²) in [6.45, 7) is 2.33. The van der Waals surface area contributed by atoms with E-state index in [1.807, 2.05) is 0 Å². The molecule has 114 valence electrons. The van der Waals surface area contributed by atoms with E-state index in [2.05, 4.69) is 0 Å². The van der Waals surface area contributed by atoms with Crippen molar-refractivity contribution in [1.29, 1.82) is 0 Å². The molecule has 1 saturated heterocycles. The first-order chi connectivity index (χ1) is 10.3. The summed E-state index contributed by atoms with van der Waals surface area (Å²) >= 11 is 6.00. The average Bonchev–Trinajstić information content (AvgIpc) is 2.66. The Morgan fingerprint density at radius 3 is 2.50 bits per heavy atom. The predicted octanol–water partition coefficient (Wildman–Crippen LogP) is 2.34. The summed E-state index contributed by atoms with van der Waals surface area (Å²) in [5.74, 6) is -2.26. The maximum absolute atomic E-state index is 13.2. The zero-order valence-electron chi connectivity index (χ0n) is 11.7. The number of rotatable bonds is 2. The van der Waals surface area contributed by atoms with Gasteiger partial charge in [0.25, 0.3) is 5.91 Å². The molecule has 1 aliphatic rings. The Bertz CT molecular complexity index is 704. The Morgan fingerprint density at radius 2 is 1.95 bits per heavy atom. The molecular formula is C14H11FN2O3S2. The van der Waals surface area contributed by atoms with Gasteiger partial charge in [-0.2, -0.15) is 10.0 Å². The van der Waals surface area contributed by atoms with Gasteiger partial charge in [0.2, 0.25) is 11.8 Å². The topological polar surface area (TPSA) is 57.7 Å². The molecule has 3 amide bonds. The number of amides is 3. The van der Waals surface area contributed by atoms with Crippen molar-refractivity contribution in [3.63, 3.8) is 0 Å². The first-order valence-electron chi connectivity index (χ1n) is 6.16. The van der Waals surface area contributed by atoms with Crippen LogP contribution in [0.15, 0.2) is 29.2 Å². The van der Waals surface area contributed by atoms with Gasteiger partial charge < -0.3 is 0 Å². The Balaban J connectivity index is 2.36. The number of carbonyl (C=O) groups excluding carboxylic acids is 3. The van der Waals surface area contributed by atoms with Crippen molar-refractivity contribution in [3.8, 4) is 0 Å². The smallest absolute Gasteiger partial charge is 0.273 e. The number of benzene rings is 1. The van der Waals surface area contributed by atoms with Gasteiger partial charge in [-0.25, -0.2) is 4.39 Å². The van der Waals surface area contributed by atoms with Crippen LogP contribution in [0.3, 0.4) is 0 Å². The van der Waals surface area contributed by atoms with Crippen LogP contribution in [0.4, 0.5) is 4.39 Å². The zero-order chi connectivity index (χ0) is 16.4. The molecule has 22 heavy (non-hydrogen) atoms. The van der Waals surface area contributed by atoms with Crippen molar-refractivity contribution in [2.45, 2.75) is 13.8 Å². The van der Waals surface area contributed by atoms with E-state index in [0.29, 0.717) is 10.6 Å². The lowest BCUT2D eigenvalue weighted by Gasteiger charge is -2.26. The van der Waals surface area contributed by atoms with E-state index in [1.54, 1.807) is 6.07 Å². The van der Waals surface area contributed by atoms with Crippen LogP contribution < -0.4 is 0 Å². The van der Waals surface area contributed by atoms with Gasteiger partial charge in [0.05, 0.1) is 4.91 Å². The third kappa shape index (κ3) is 3.23. The van der Waals surface area contributed by atoms with Gasteiger partial charge in [-0.1, -0.05) is 23.9 Å². The van der Waals surface area contributed by atoms with E-state index < -0.39 is 23.5 Å². The molecule has 0 N–H and O–H groups in total. The van der Waals surface area contributed by atoms with Crippen LogP contribution in [0.5, 0.6) is 0 Å². The van der Waals surface area contributed by atoms with Gasteiger partial charge in [-0.3, -0.25) is 14.4 Å². The lowest BCUT2D eigenvalue weighted by atomic mass is 10.2. The molecule has 1 aliphatic heterocycles. The van der Waals surface area contributed by atoms with Gasteiger partial charge in [0.1, 0.15) is 5.82 Å². The quantitative estimate of drug-likeness (QED) is 0.612. The second-order valence-corrected chi connectivity index (χ2v) is 6.07. The van der Waals surface area contributed by atoms with E-state index in [4.69, 9.17) is 12.2 Å². The highest BCUT2D eigenvalue weighted by Crippen LogP contribution is 2.33. The maximum Gasteiger partial charge on any atom is 0.285 e. The van der Waals surface area contributed by atoms with Crippen molar-refractivity contribution >= 4 is 52.1 Å². The van der Waals surface area contributed by atoms with Crippen LogP contribution in [-0.2, 0) is 14.4 Å². The lowest BCUT2D eigenvalue weighted by molar-refractivity contribution is -0.160. The second kappa shape index (κ2) is 6.37. The van der Waals surface area contributed by atoms with Crippen molar-refractivity contribution in [3.05, 3.63) is 40.6 Å². The molecule has 1 heterocycles. The van der Waals surface area contributed by atoms with E-state index >= 15 is 0 Å². The van der Waals surface area contributed by atoms with E-state index in [1.165, 1.54) is 24.3 Å². The zero-order valence-corrected chi connectivity index (χ0v) is 13.3. The minimum atomic E-state index is -0.615. The third-order valence-corrected chi connectivity index (χ3v) is 4.00. The Labute approximate surface area is 135 Å². The summed E-state index contributed by atoms with van der Waals surface area (Å²) in [5.41, 5.74) is 0.484. The van der Waals surface area contributed by atoms with Gasteiger partial charge in [0, 0.05) is 13.8 Å². The highest BCUT2D eigenvalue weighted by molar-refractivity contribution is 8.26. The predicted molar refractivity (Wildman–Crippen MR) is 84.6 cm³/mol. The number of hydrogen-bond donors (Lipinski definition) is 0. The molecule has 0 spiro atoms. The summed E-state index contributed by atoms with van der Waals surface area (Å²) < 4.78 is 13.2. The third-order valence-electron chi connectivity index (χ3n) is 2.72. The molecule has 8 heteroatoms. The molecule has 0 aliphatic carbocycles. The summed E-state index contributed by atoms with van der Waals surface area (Å²) in [6, 6.07) is 5.69. The first-order valence-corrected chi connectivity index (χ1v) is 7.38. The van der Waals surface area contributed by atoms with Crippen molar-refractivity contribution in [2.24, 2.45) is 0 Å². The number of hydrazine groups is 1. The molecule has 0 radical (unpaired) electrons. The number of carbonyl (C=O) groups is 3. The highest BCUT2D eigenvalue weighted by atomic mass is 32.2. The molecule has 0 atom stereocenters. The second-order valence-electron chi connectivity index (χ2n) is 4.40. The highest BCUT2D eigenvalue weighted by Gasteiger charge is 2.39. The minimum absolute atomic E-state index is 0.0676. The van der Waals surface area contributed by atoms with Crippen LogP contribution in [0, 0.1) is 5.82 Å². The van der Waals surface area contributed by atoms with Crippen molar-refractivity contribution in [2.75, 3.05) is 0 Å². The summed E-state index contributed by atoms with van der Waals surface area (Å²) in [5, 5.41) is 1.54. The van der Waals surface area contributed by atoms with Crippen LogP contribution in [0.1, 0.15) is 19.4 Å². The largest absolute Gasteiger partial charge is 0.285 e. The monoisotopic (exact) mass is 338 g/mol. The molecule has 0 bridgehead atoms. The molecule has 1 aromatic carbocycles.